The van der Waals surface area contributed by atoms with Crippen molar-refractivity contribution in [1.82, 2.24) is 0 Å². The zero-order valence-electron chi connectivity index (χ0n) is 7.56. The first-order chi connectivity index (χ1) is 4.95. The molecule has 3 heteroatoms. The summed E-state index contributed by atoms with van der Waals surface area (Å²) in [5, 5.41) is 14.6. The van der Waals surface area contributed by atoms with Crippen LogP contribution in [0.5, 0.6) is 0 Å². The SMILES string of the molecule is CC(C)C(=N)OC(=N)C(C)C. The van der Waals surface area contributed by atoms with Gasteiger partial charge in [-0.3, -0.25) is 10.8 Å². The fourth-order valence-electron chi connectivity index (χ4n) is 0.354. The molecule has 0 amide bonds. The maximum Gasteiger partial charge on any atom is 0.191 e. The van der Waals surface area contributed by atoms with E-state index >= 15 is 0 Å². The van der Waals surface area contributed by atoms with Crippen LogP contribution in [0.2, 0.25) is 0 Å². The monoisotopic (exact) mass is 156 g/mol. The molecule has 0 unspecified atom stereocenters. The Bertz CT molecular complexity index is 143. The van der Waals surface area contributed by atoms with Gasteiger partial charge in [0.15, 0.2) is 11.8 Å². The van der Waals surface area contributed by atoms with Crippen molar-refractivity contribution >= 4 is 11.8 Å². The molecule has 0 bridgehead atoms. The Hall–Kier alpha value is -0.860. The lowest BCUT2D eigenvalue weighted by Crippen LogP contribution is -2.19. The molecule has 0 atom stereocenters. The first kappa shape index (κ1) is 10.1. The molecule has 0 aromatic heterocycles. The Morgan fingerprint density at radius 3 is 1.36 bits per heavy atom. The van der Waals surface area contributed by atoms with Crippen molar-refractivity contribution in [2.75, 3.05) is 0 Å². The van der Waals surface area contributed by atoms with E-state index in [9.17, 15) is 0 Å². The predicted molar refractivity (Wildman–Crippen MR) is 46.2 cm³/mol. The highest BCUT2D eigenvalue weighted by atomic mass is 16.5. The van der Waals surface area contributed by atoms with Crippen molar-refractivity contribution in [2.24, 2.45) is 11.8 Å². The quantitative estimate of drug-likeness (QED) is 0.467. The molecule has 0 rings (SSSR count). The molecule has 0 spiro atoms. The summed E-state index contributed by atoms with van der Waals surface area (Å²) in [6, 6.07) is 0. The van der Waals surface area contributed by atoms with Gasteiger partial charge in [-0.25, -0.2) is 0 Å². The standard InChI is InChI=1S/C8H16N2O/c1-5(2)7(9)11-8(10)6(3)4/h5-6,9-10H,1-4H3. The van der Waals surface area contributed by atoms with Crippen LogP contribution in [-0.4, -0.2) is 11.8 Å². The van der Waals surface area contributed by atoms with Crippen molar-refractivity contribution in [3.05, 3.63) is 0 Å². The highest BCUT2D eigenvalue weighted by Crippen LogP contribution is 2.02. The van der Waals surface area contributed by atoms with Gasteiger partial charge in [0.2, 0.25) is 0 Å². The summed E-state index contributed by atoms with van der Waals surface area (Å²) in [4.78, 5) is 0. The number of rotatable bonds is 2. The maximum atomic E-state index is 7.30. The molecule has 0 fully saturated rings. The average Bonchev–Trinajstić information content (AvgIpc) is 1.87. The number of nitrogens with one attached hydrogen (secondary N) is 2. The van der Waals surface area contributed by atoms with Gasteiger partial charge in [0.25, 0.3) is 0 Å². The largest absolute Gasteiger partial charge is 0.429 e. The van der Waals surface area contributed by atoms with Crippen molar-refractivity contribution in [3.8, 4) is 0 Å². The van der Waals surface area contributed by atoms with Gasteiger partial charge in [-0.15, -0.1) is 0 Å². The Balaban J connectivity index is 3.86. The Labute approximate surface area is 67.8 Å². The van der Waals surface area contributed by atoms with Crippen molar-refractivity contribution in [3.63, 3.8) is 0 Å². The van der Waals surface area contributed by atoms with E-state index in [1.165, 1.54) is 0 Å². The fraction of sp³-hybridized carbons (Fsp3) is 0.750. The molecule has 0 saturated carbocycles. The van der Waals surface area contributed by atoms with Gasteiger partial charge < -0.3 is 4.74 Å². The third kappa shape index (κ3) is 3.75. The molecule has 0 aliphatic heterocycles. The Morgan fingerprint density at radius 1 is 0.909 bits per heavy atom. The minimum Gasteiger partial charge on any atom is -0.429 e. The zero-order chi connectivity index (χ0) is 9.02. The molecule has 0 aromatic rings. The highest BCUT2D eigenvalue weighted by molar-refractivity contribution is 5.90. The molecule has 0 heterocycles. The molecule has 3 nitrogen and oxygen atoms in total. The summed E-state index contributed by atoms with van der Waals surface area (Å²) in [5.41, 5.74) is 0. The Kier molecular flexibility index (Phi) is 3.79. The molecule has 0 aliphatic carbocycles. The third-order valence-corrected chi connectivity index (χ3v) is 1.27. The van der Waals surface area contributed by atoms with Crippen LogP contribution in [0.25, 0.3) is 0 Å². The summed E-state index contributed by atoms with van der Waals surface area (Å²) in [7, 11) is 0. The van der Waals surface area contributed by atoms with Crippen LogP contribution in [0, 0.1) is 22.7 Å². The molecule has 0 aromatic carbocycles. The zero-order valence-corrected chi connectivity index (χ0v) is 7.56. The molecule has 2 N–H and O–H groups in total. The predicted octanol–water partition coefficient (Wildman–Crippen LogP) is 2.27. The van der Waals surface area contributed by atoms with Gasteiger partial charge in [-0.2, -0.15) is 0 Å². The second-order valence-electron chi connectivity index (χ2n) is 3.14. The summed E-state index contributed by atoms with van der Waals surface area (Å²) in [6.45, 7) is 7.48. The van der Waals surface area contributed by atoms with E-state index in [-0.39, 0.29) is 23.6 Å². The van der Waals surface area contributed by atoms with Crippen molar-refractivity contribution < 1.29 is 4.74 Å². The maximum absolute atomic E-state index is 7.30. The fourth-order valence-corrected chi connectivity index (χ4v) is 0.354. The van der Waals surface area contributed by atoms with E-state index in [1.807, 2.05) is 27.7 Å². The lowest BCUT2D eigenvalue weighted by atomic mass is 10.2. The normalized spacial score (nSPS) is 10.4. The van der Waals surface area contributed by atoms with Crippen molar-refractivity contribution in [2.45, 2.75) is 27.7 Å². The van der Waals surface area contributed by atoms with Crippen LogP contribution in [-0.2, 0) is 4.74 Å². The highest BCUT2D eigenvalue weighted by Gasteiger charge is 2.09. The lowest BCUT2D eigenvalue weighted by Gasteiger charge is -2.11. The second-order valence-corrected chi connectivity index (χ2v) is 3.14. The van der Waals surface area contributed by atoms with Gasteiger partial charge in [0.05, 0.1) is 0 Å². The van der Waals surface area contributed by atoms with E-state index < -0.39 is 0 Å². The van der Waals surface area contributed by atoms with E-state index in [2.05, 4.69) is 0 Å². The van der Waals surface area contributed by atoms with Gasteiger partial charge >= 0.3 is 0 Å². The molecule has 0 saturated heterocycles. The van der Waals surface area contributed by atoms with Gasteiger partial charge in [0, 0.05) is 11.8 Å². The van der Waals surface area contributed by atoms with Crippen LogP contribution in [0.3, 0.4) is 0 Å². The van der Waals surface area contributed by atoms with Crippen LogP contribution in [0.15, 0.2) is 0 Å². The van der Waals surface area contributed by atoms with E-state index in [0.29, 0.717) is 0 Å². The summed E-state index contributed by atoms with van der Waals surface area (Å²) in [5.74, 6) is 0.468. The molecule has 0 radical (unpaired) electrons. The first-order valence-corrected chi connectivity index (χ1v) is 3.79. The summed E-state index contributed by atoms with van der Waals surface area (Å²) < 4.78 is 4.94. The van der Waals surface area contributed by atoms with E-state index in [4.69, 9.17) is 15.6 Å². The molecule has 11 heavy (non-hydrogen) atoms. The molecular weight excluding hydrogens is 140 g/mol. The summed E-state index contributed by atoms with van der Waals surface area (Å²) >= 11 is 0. The van der Waals surface area contributed by atoms with E-state index in [1.54, 1.807) is 0 Å². The number of hydrogen-bond donors (Lipinski definition) is 2. The topological polar surface area (TPSA) is 56.9 Å². The first-order valence-electron chi connectivity index (χ1n) is 3.79. The van der Waals surface area contributed by atoms with Crippen molar-refractivity contribution in [1.29, 1.82) is 10.8 Å². The molecular formula is C8H16N2O. The van der Waals surface area contributed by atoms with Gasteiger partial charge in [0.1, 0.15) is 0 Å². The smallest absolute Gasteiger partial charge is 0.191 e. The minimum atomic E-state index is 0.0640. The number of ether oxygens (including phenoxy) is 1. The van der Waals surface area contributed by atoms with Gasteiger partial charge in [-0.1, -0.05) is 27.7 Å². The van der Waals surface area contributed by atoms with Gasteiger partial charge in [-0.05, 0) is 0 Å². The van der Waals surface area contributed by atoms with E-state index in [0.717, 1.165) is 0 Å². The lowest BCUT2D eigenvalue weighted by molar-refractivity contribution is 0.455. The van der Waals surface area contributed by atoms with Crippen LogP contribution >= 0.6 is 0 Å². The van der Waals surface area contributed by atoms with Crippen LogP contribution < -0.4 is 0 Å². The summed E-state index contributed by atoms with van der Waals surface area (Å²) in [6.07, 6.45) is 0. The number of hydrogen-bond acceptors (Lipinski definition) is 3. The van der Waals surface area contributed by atoms with Crippen LogP contribution in [0.1, 0.15) is 27.7 Å². The molecule has 0 aliphatic rings. The molecule has 64 valence electrons. The third-order valence-electron chi connectivity index (χ3n) is 1.27. The minimum absolute atomic E-state index is 0.0640. The Morgan fingerprint density at radius 2 is 1.18 bits per heavy atom. The average molecular weight is 156 g/mol. The second kappa shape index (κ2) is 4.11. The van der Waals surface area contributed by atoms with Crippen LogP contribution in [0.4, 0.5) is 0 Å².